The van der Waals surface area contributed by atoms with Crippen LogP contribution in [0.1, 0.15) is 40.5 Å². The van der Waals surface area contributed by atoms with Gasteiger partial charge in [0, 0.05) is 5.67 Å². The van der Waals surface area contributed by atoms with Crippen LogP contribution in [0.25, 0.3) is 0 Å². The average molecular weight is 241 g/mol. The Morgan fingerprint density at radius 3 is 2.06 bits per heavy atom. The van der Waals surface area contributed by atoms with E-state index in [0.717, 1.165) is 5.67 Å². The first kappa shape index (κ1) is 15.9. The molecule has 0 saturated carbocycles. The van der Waals surface area contributed by atoms with Crippen LogP contribution in [0.4, 0.5) is 0 Å². The Kier molecular flexibility index (Phi) is 7.25. The molecule has 2 unspecified atom stereocenters. The van der Waals surface area contributed by atoms with Gasteiger partial charge in [-0.05, 0) is 33.5 Å². The molecular formula is C14H31NSi. The van der Waals surface area contributed by atoms with Gasteiger partial charge in [0.05, 0.1) is 8.07 Å². The minimum absolute atomic E-state index is 0.814. The first-order chi connectivity index (χ1) is 7.43. The van der Waals surface area contributed by atoms with E-state index in [4.69, 9.17) is 0 Å². The number of hydrogen-bond acceptors (Lipinski definition) is 1. The molecule has 16 heavy (non-hydrogen) atoms. The van der Waals surface area contributed by atoms with Crippen molar-refractivity contribution in [2.45, 2.75) is 64.3 Å². The minimum Gasteiger partial charge on any atom is -0.309 e. The fourth-order valence-electron chi connectivity index (χ4n) is 3.35. The molecule has 0 aliphatic rings. The molecular weight excluding hydrogens is 210 g/mol. The van der Waals surface area contributed by atoms with Crippen molar-refractivity contribution in [1.82, 2.24) is 4.90 Å². The van der Waals surface area contributed by atoms with E-state index in [9.17, 15) is 0 Å². The van der Waals surface area contributed by atoms with Crippen LogP contribution in [0.15, 0.2) is 12.2 Å². The highest BCUT2D eigenvalue weighted by molar-refractivity contribution is 6.81. The first-order valence-electron chi connectivity index (χ1n) is 6.74. The monoisotopic (exact) mass is 241 g/mol. The zero-order chi connectivity index (χ0) is 12.8. The molecule has 0 saturated heterocycles. The molecule has 0 heterocycles. The maximum Gasteiger partial charge on any atom is 0.0765 e. The first-order valence-corrected chi connectivity index (χ1v) is 9.44. The van der Waals surface area contributed by atoms with Crippen molar-refractivity contribution in [1.29, 1.82) is 0 Å². The zero-order valence-corrected chi connectivity index (χ0v) is 13.3. The largest absolute Gasteiger partial charge is 0.309 e. The molecule has 0 amide bonds. The quantitative estimate of drug-likeness (QED) is 0.452. The highest BCUT2D eigenvalue weighted by atomic mass is 28.3. The van der Waals surface area contributed by atoms with Gasteiger partial charge in [0.25, 0.3) is 0 Å². The van der Waals surface area contributed by atoms with Crippen LogP contribution in [0.5, 0.6) is 0 Å². The predicted octanol–water partition coefficient (Wildman–Crippen LogP) is 4.32. The van der Waals surface area contributed by atoms with Crippen LogP contribution >= 0.6 is 0 Å². The van der Waals surface area contributed by atoms with E-state index < -0.39 is 8.07 Å². The topological polar surface area (TPSA) is 3.24 Å². The molecule has 0 rings (SSSR count). The summed E-state index contributed by atoms with van der Waals surface area (Å²) in [5.41, 5.74) is 2.21. The lowest BCUT2D eigenvalue weighted by Gasteiger charge is -2.42. The van der Waals surface area contributed by atoms with Crippen LogP contribution in [0.2, 0.25) is 18.1 Å². The normalized spacial score (nSPS) is 17.2. The molecule has 0 fully saturated rings. The Balaban J connectivity index is 5.04. The van der Waals surface area contributed by atoms with Crippen LogP contribution in [0.3, 0.4) is 0 Å². The lowest BCUT2D eigenvalue weighted by Crippen LogP contribution is -2.53. The molecule has 2 atom stereocenters. The van der Waals surface area contributed by atoms with Crippen LogP contribution < -0.4 is 0 Å². The predicted molar refractivity (Wildman–Crippen MR) is 78.7 cm³/mol. The third kappa shape index (κ3) is 4.06. The number of rotatable bonds is 8. The van der Waals surface area contributed by atoms with Crippen molar-refractivity contribution in [2.75, 3.05) is 14.1 Å². The van der Waals surface area contributed by atoms with Crippen LogP contribution in [-0.2, 0) is 0 Å². The standard InChI is InChI=1S/C14H31NSi/c1-8-11-16(10-3,12-13(4)5)14(9-2)15(6)7/h14H,4,8-12H2,1-3,5-7H3. The summed E-state index contributed by atoms with van der Waals surface area (Å²) in [6, 6.07) is 4.16. The average Bonchev–Trinajstić information content (AvgIpc) is 2.17. The number of hydrogen-bond donors (Lipinski definition) is 0. The molecule has 0 aromatic heterocycles. The van der Waals surface area contributed by atoms with E-state index >= 15 is 0 Å². The maximum absolute atomic E-state index is 4.16. The number of allylic oxidation sites excluding steroid dienone is 1. The third-order valence-electron chi connectivity index (χ3n) is 3.82. The van der Waals surface area contributed by atoms with Crippen molar-refractivity contribution in [2.24, 2.45) is 0 Å². The number of nitrogens with zero attached hydrogens (tertiary/aromatic N) is 1. The van der Waals surface area contributed by atoms with Gasteiger partial charge in [-0.1, -0.05) is 44.9 Å². The summed E-state index contributed by atoms with van der Waals surface area (Å²) < 4.78 is 0. The summed E-state index contributed by atoms with van der Waals surface area (Å²) in [7, 11) is 3.30. The fraction of sp³-hybridized carbons (Fsp3) is 0.857. The molecule has 2 heteroatoms. The third-order valence-corrected chi connectivity index (χ3v) is 10.4. The summed E-state index contributed by atoms with van der Waals surface area (Å²) in [6.45, 7) is 13.4. The van der Waals surface area contributed by atoms with E-state index in [-0.39, 0.29) is 0 Å². The van der Waals surface area contributed by atoms with E-state index in [0.29, 0.717) is 0 Å². The van der Waals surface area contributed by atoms with Gasteiger partial charge >= 0.3 is 0 Å². The Bertz CT molecular complexity index is 213. The minimum atomic E-state index is -1.20. The molecule has 0 aliphatic carbocycles. The molecule has 0 spiro atoms. The Labute approximate surface area is 104 Å². The van der Waals surface area contributed by atoms with Gasteiger partial charge in [-0.15, -0.1) is 6.58 Å². The van der Waals surface area contributed by atoms with Gasteiger partial charge in [-0.2, -0.15) is 0 Å². The molecule has 0 aliphatic heterocycles. The zero-order valence-electron chi connectivity index (χ0n) is 12.3. The van der Waals surface area contributed by atoms with Gasteiger partial charge in [-0.25, -0.2) is 0 Å². The van der Waals surface area contributed by atoms with E-state index in [1.54, 1.807) is 0 Å². The van der Waals surface area contributed by atoms with Crippen molar-refractivity contribution in [3.05, 3.63) is 12.2 Å². The lowest BCUT2D eigenvalue weighted by atomic mass is 10.4. The molecule has 0 radical (unpaired) electrons. The molecule has 0 aromatic rings. The van der Waals surface area contributed by atoms with Crippen molar-refractivity contribution >= 4 is 8.07 Å². The fourth-order valence-corrected chi connectivity index (χ4v) is 9.33. The van der Waals surface area contributed by atoms with E-state index in [1.165, 1.54) is 36.5 Å². The Morgan fingerprint density at radius 2 is 1.81 bits per heavy atom. The van der Waals surface area contributed by atoms with E-state index in [2.05, 4.69) is 53.3 Å². The summed E-state index contributed by atoms with van der Waals surface area (Å²) >= 11 is 0. The molecule has 0 N–H and O–H groups in total. The molecule has 1 nitrogen and oxygen atoms in total. The smallest absolute Gasteiger partial charge is 0.0765 e. The molecule has 0 aromatic carbocycles. The molecule has 96 valence electrons. The Hall–Kier alpha value is -0.0831. The van der Waals surface area contributed by atoms with Gasteiger partial charge in [0.2, 0.25) is 0 Å². The van der Waals surface area contributed by atoms with Crippen molar-refractivity contribution in [3.63, 3.8) is 0 Å². The van der Waals surface area contributed by atoms with Gasteiger partial charge in [0.1, 0.15) is 0 Å². The van der Waals surface area contributed by atoms with Crippen LogP contribution in [-0.4, -0.2) is 32.7 Å². The second-order valence-electron chi connectivity index (χ2n) is 5.49. The summed E-state index contributed by atoms with van der Waals surface area (Å²) in [6.07, 6.45) is 2.62. The van der Waals surface area contributed by atoms with Crippen molar-refractivity contribution in [3.8, 4) is 0 Å². The summed E-state index contributed by atoms with van der Waals surface area (Å²) in [4.78, 5) is 2.47. The van der Waals surface area contributed by atoms with E-state index in [1.807, 2.05) is 0 Å². The Morgan fingerprint density at radius 1 is 1.25 bits per heavy atom. The van der Waals surface area contributed by atoms with Gasteiger partial charge in [0.15, 0.2) is 0 Å². The maximum atomic E-state index is 4.16. The second kappa shape index (κ2) is 7.28. The highest BCUT2D eigenvalue weighted by Gasteiger charge is 2.38. The summed E-state index contributed by atoms with van der Waals surface area (Å²) in [5.74, 6) is 0. The highest BCUT2D eigenvalue weighted by Crippen LogP contribution is 2.32. The molecule has 0 bridgehead atoms. The van der Waals surface area contributed by atoms with Crippen LogP contribution in [0, 0.1) is 0 Å². The van der Waals surface area contributed by atoms with Gasteiger partial charge < -0.3 is 4.90 Å². The van der Waals surface area contributed by atoms with Gasteiger partial charge in [-0.3, -0.25) is 0 Å². The summed E-state index contributed by atoms with van der Waals surface area (Å²) in [5, 5.41) is 0. The second-order valence-corrected chi connectivity index (χ2v) is 10.4. The lowest BCUT2D eigenvalue weighted by molar-refractivity contribution is 0.351. The van der Waals surface area contributed by atoms with Crippen molar-refractivity contribution < 1.29 is 0 Å². The SMILES string of the molecule is C=C(C)C[Si](CC)(CCC)C(CC)N(C)C.